The Kier molecular flexibility index (Phi) is 5.91. The van der Waals surface area contributed by atoms with Crippen LogP contribution in [0.15, 0.2) is 47.0 Å². The summed E-state index contributed by atoms with van der Waals surface area (Å²) in [6.45, 7) is 3.50. The summed E-state index contributed by atoms with van der Waals surface area (Å²) in [7, 11) is 1.85. The zero-order valence-electron chi connectivity index (χ0n) is 14.7. The Bertz CT molecular complexity index is 576. The molecule has 0 radical (unpaired) electrons. The summed E-state index contributed by atoms with van der Waals surface area (Å²) in [5.74, 6) is 0.907. The number of nitrogens with one attached hydrogen (secondary N) is 2. The molecule has 0 aromatic heterocycles. The van der Waals surface area contributed by atoms with Crippen LogP contribution in [0.5, 0.6) is 0 Å². The molecule has 2 aliphatic rings. The zero-order chi connectivity index (χ0) is 16.7. The molecule has 24 heavy (non-hydrogen) atoms. The van der Waals surface area contributed by atoms with Gasteiger partial charge in [-0.3, -0.25) is 4.99 Å². The third-order valence-corrected chi connectivity index (χ3v) is 5.31. The summed E-state index contributed by atoms with van der Waals surface area (Å²) in [5, 5.41) is 6.99. The summed E-state index contributed by atoms with van der Waals surface area (Å²) >= 11 is 0. The Morgan fingerprint density at radius 1 is 1.21 bits per heavy atom. The average Bonchev–Trinajstić information content (AvgIpc) is 2.61. The van der Waals surface area contributed by atoms with Crippen LogP contribution < -0.4 is 10.6 Å². The first-order valence-corrected chi connectivity index (χ1v) is 9.08. The Balaban J connectivity index is 1.48. The van der Waals surface area contributed by atoms with Crippen molar-refractivity contribution in [3.05, 3.63) is 47.5 Å². The third kappa shape index (κ3) is 4.18. The SMILES string of the molecule is CN=C(NCCC1=CCOCC1)NCC1(c2ccccc2)CCC1. The molecular weight excluding hydrogens is 298 g/mol. The highest BCUT2D eigenvalue weighted by Crippen LogP contribution is 2.43. The molecule has 1 aliphatic heterocycles. The molecule has 2 N–H and O–H groups in total. The maximum atomic E-state index is 5.35. The van der Waals surface area contributed by atoms with Gasteiger partial charge in [0.25, 0.3) is 0 Å². The molecule has 1 fully saturated rings. The molecule has 4 heteroatoms. The lowest BCUT2D eigenvalue weighted by molar-refractivity contribution is 0.153. The van der Waals surface area contributed by atoms with E-state index >= 15 is 0 Å². The van der Waals surface area contributed by atoms with Gasteiger partial charge in [-0.2, -0.15) is 0 Å². The highest BCUT2D eigenvalue weighted by Gasteiger charge is 2.38. The smallest absolute Gasteiger partial charge is 0.191 e. The minimum atomic E-state index is 0.280. The van der Waals surface area contributed by atoms with E-state index in [9.17, 15) is 0 Å². The van der Waals surface area contributed by atoms with E-state index in [1.165, 1.54) is 30.4 Å². The minimum Gasteiger partial charge on any atom is -0.377 e. The van der Waals surface area contributed by atoms with Crippen LogP contribution in [0.25, 0.3) is 0 Å². The molecule has 0 saturated heterocycles. The lowest BCUT2D eigenvalue weighted by atomic mass is 9.64. The summed E-state index contributed by atoms with van der Waals surface area (Å²) < 4.78 is 5.35. The topological polar surface area (TPSA) is 45.7 Å². The molecule has 130 valence electrons. The maximum Gasteiger partial charge on any atom is 0.191 e. The van der Waals surface area contributed by atoms with Gasteiger partial charge in [0.1, 0.15) is 0 Å². The predicted molar refractivity (Wildman–Crippen MR) is 99.5 cm³/mol. The molecule has 0 bridgehead atoms. The molecule has 3 rings (SSSR count). The van der Waals surface area contributed by atoms with Crippen LogP contribution in [0.2, 0.25) is 0 Å². The van der Waals surface area contributed by atoms with Crippen LogP contribution in [-0.4, -0.2) is 39.3 Å². The van der Waals surface area contributed by atoms with E-state index in [0.717, 1.165) is 45.1 Å². The predicted octanol–water partition coefficient (Wildman–Crippen LogP) is 3.01. The van der Waals surface area contributed by atoms with Crippen molar-refractivity contribution in [1.82, 2.24) is 10.6 Å². The second kappa shape index (κ2) is 8.34. The van der Waals surface area contributed by atoms with Gasteiger partial charge >= 0.3 is 0 Å². The highest BCUT2D eigenvalue weighted by atomic mass is 16.5. The number of ether oxygens (including phenoxy) is 1. The van der Waals surface area contributed by atoms with Gasteiger partial charge < -0.3 is 15.4 Å². The van der Waals surface area contributed by atoms with Gasteiger partial charge in [-0.1, -0.05) is 48.4 Å². The molecule has 0 spiro atoms. The first-order chi connectivity index (χ1) is 11.8. The monoisotopic (exact) mass is 327 g/mol. The summed E-state index contributed by atoms with van der Waals surface area (Å²) in [5.41, 5.74) is 3.22. The molecule has 1 saturated carbocycles. The third-order valence-electron chi connectivity index (χ3n) is 5.31. The normalized spacial score (nSPS) is 20.0. The van der Waals surface area contributed by atoms with E-state index in [4.69, 9.17) is 4.74 Å². The molecule has 0 unspecified atom stereocenters. The van der Waals surface area contributed by atoms with Gasteiger partial charge in [0, 0.05) is 25.6 Å². The van der Waals surface area contributed by atoms with Crippen molar-refractivity contribution in [1.29, 1.82) is 0 Å². The molecule has 1 aromatic rings. The molecule has 1 aliphatic carbocycles. The summed E-state index contributed by atoms with van der Waals surface area (Å²) in [6, 6.07) is 10.9. The average molecular weight is 327 g/mol. The first-order valence-electron chi connectivity index (χ1n) is 9.08. The Hall–Kier alpha value is -1.81. The molecule has 1 aromatic carbocycles. The fourth-order valence-electron chi connectivity index (χ4n) is 3.57. The van der Waals surface area contributed by atoms with Crippen LogP contribution >= 0.6 is 0 Å². The van der Waals surface area contributed by atoms with E-state index in [-0.39, 0.29) is 5.41 Å². The van der Waals surface area contributed by atoms with Gasteiger partial charge in [0.2, 0.25) is 0 Å². The van der Waals surface area contributed by atoms with Crippen LogP contribution in [0.4, 0.5) is 0 Å². The van der Waals surface area contributed by atoms with Gasteiger partial charge in [0.05, 0.1) is 13.2 Å². The van der Waals surface area contributed by atoms with Crippen molar-refractivity contribution >= 4 is 5.96 Å². The van der Waals surface area contributed by atoms with E-state index < -0.39 is 0 Å². The van der Waals surface area contributed by atoms with Crippen molar-refractivity contribution in [3.8, 4) is 0 Å². The van der Waals surface area contributed by atoms with E-state index in [1.54, 1.807) is 0 Å². The highest BCUT2D eigenvalue weighted by molar-refractivity contribution is 5.79. The Morgan fingerprint density at radius 3 is 2.67 bits per heavy atom. The van der Waals surface area contributed by atoms with Crippen LogP contribution in [0, 0.1) is 0 Å². The zero-order valence-corrected chi connectivity index (χ0v) is 14.7. The fourth-order valence-corrected chi connectivity index (χ4v) is 3.57. The number of rotatable bonds is 6. The van der Waals surface area contributed by atoms with Crippen LogP contribution in [0.3, 0.4) is 0 Å². The fraction of sp³-hybridized carbons (Fsp3) is 0.550. The summed E-state index contributed by atoms with van der Waals surface area (Å²) in [4.78, 5) is 4.38. The largest absolute Gasteiger partial charge is 0.377 e. The standard InChI is InChI=1S/C20H29N3O/c1-21-19(22-13-8-17-9-14-24-15-10-17)23-16-20(11-5-12-20)18-6-3-2-4-7-18/h2-4,6-7,9H,5,8,10-16H2,1H3,(H2,21,22,23). The molecule has 4 nitrogen and oxygen atoms in total. The van der Waals surface area contributed by atoms with Gasteiger partial charge in [-0.25, -0.2) is 0 Å². The van der Waals surface area contributed by atoms with E-state index in [2.05, 4.69) is 52.0 Å². The maximum absolute atomic E-state index is 5.35. The van der Waals surface area contributed by atoms with Crippen molar-refractivity contribution in [2.45, 2.75) is 37.5 Å². The van der Waals surface area contributed by atoms with Crippen LogP contribution in [0.1, 0.15) is 37.7 Å². The molecule has 0 atom stereocenters. The van der Waals surface area contributed by atoms with Crippen molar-refractivity contribution in [2.75, 3.05) is 33.4 Å². The van der Waals surface area contributed by atoms with E-state index in [1.807, 2.05) is 7.05 Å². The first kappa shape index (κ1) is 17.0. The van der Waals surface area contributed by atoms with E-state index in [0.29, 0.717) is 0 Å². The number of benzene rings is 1. The summed E-state index contributed by atoms with van der Waals surface area (Å²) in [6.07, 6.45) is 8.17. The van der Waals surface area contributed by atoms with Crippen LogP contribution in [-0.2, 0) is 10.2 Å². The lowest BCUT2D eigenvalue weighted by Crippen LogP contribution is -2.49. The van der Waals surface area contributed by atoms with Gasteiger partial charge in [-0.15, -0.1) is 0 Å². The molecule has 0 amide bonds. The number of hydrogen-bond acceptors (Lipinski definition) is 2. The lowest BCUT2D eigenvalue weighted by Gasteiger charge is -2.43. The number of aliphatic imine (C=N–C) groups is 1. The number of hydrogen-bond donors (Lipinski definition) is 2. The van der Waals surface area contributed by atoms with Gasteiger partial charge in [-0.05, 0) is 31.2 Å². The second-order valence-electron chi connectivity index (χ2n) is 6.79. The van der Waals surface area contributed by atoms with Gasteiger partial charge in [0.15, 0.2) is 5.96 Å². The second-order valence-corrected chi connectivity index (χ2v) is 6.79. The number of nitrogens with zero attached hydrogens (tertiary/aromatic N) is 1. The van der Waals surface area contributed by atoms with Crippen molar-refractivity contribution in [3.63, 3.8) is 0 Å². The Labute approximate surface area is 145 Å². The van der Waals surface area contributed by atoms with Crippen molar-refractivity contribution < 1.29 is 4.74 Å². The van der Waals surface area contributed by atoms with Crippen molar-refractivity contribution in [2.24, 2.45) is 4.99 Å². The molecule has 1 heterocycles. The quantitative estimate of drug-likeness (QED) is 0.480. The number of guanidine groups is 1. The molecular formula is C20H29N3O. The Morgan fingerprint density at radius 2 is 2.04 bits per heavy atom. The minimum absolute atomic E-state index is 0.280.